The minimum Gasteiger partial charge on any atom is -0.326 e. The Hall–Kier alpha value is -1.44. The number of benzene rings is 1. The summed E-state index contributed by atoms with van der Waals surface area (Å²) in [5.41, 5.74) is 7.18. The Labute approximate surface area is 107 Å². The van der Waals surface area contributed by atoms with E-state index in [0.29, 0.717) is 6.04 Å². The van der Waals surface area contributed by atoms with Crippen LogP contribution in [0.3, 0.4) is 0 Å². The number of likely N-dealkylation sites (tertiary alicyclic amines) is 1. The lowest BCUT2D eigenvalue weighted by Gasteiger charge is -2.30. The van der Waals surface area contributed by atoms with E-state index in [2.05, 4.69) is 18.7 Å². The molecular weight excluding hydrogens is 229 g/mol. The Morgan fingerprint density at radius 3 is 2.83 bits per heavy atom. The highest BCUT2D eigenvalue weighted by Gasteiger charge is 2.34. The van der Waals surface area contributed by atoms with Crippen molar-refractivity contribution in [2.45, 2.75) is 38.4 Å². The first-order chi connectivity index (χ1) is 8.54. The van der Waals surface area contributed by atoms with E-state index >= 15 is 0 Å². The van der Waals surface area contributed by atoms with Crippen LogP contribution in [0.1, 0.15) is 37.4 Å². The van der Waals surface area contributed by atoms with Gasteiger partial charge in [0.15, 0.2) is 0 Å². The summed E-state index contributed by atoms with van der Waals surface area (Å²) in [6.45, 7) is 5.20. The van der Waals surface area contributed by atoms with Crippen LogP contribution in [0.5, 0.6) is 0 Å². The van der Waals surface area contributed by atoms with Gasteiger partial charge in [-0.15, -0.1) is 0 Å². The number of halogens is 1. The van der Waals surface area contributed by atoms with Gasteiger partial charge in [0.1, 0.15) is 11.9 Å². The van der Waals surface area contributed by atoms with Crippen molar-refractivity contribution < 1.29 is 4.39 Å². The molecule has 1 aromatic carbocycles. The topological polar surface area (TPSA) is 53.0 Å². The van der Waals surface area contributed by atoms with Crippen molar-refractivity contribution in [3.8, 4) is 6.07 Å². The number of nitriles is 1. The Bertz CT molecular complexity index is 478. The number of nitrogens with zero attached hydrogens (tertiary/aromatic N) is 2. The fraction of sp³-hybridized carbons (Fsp3) is 0.500. The first-order valence-electron chi connectivity index (χ1n) is 6.25. The summed E-state index contributed by atoms with van der Waals surface area (Å²) in [5, 5.41) is 8.89. The summed E-state index contributed by atoms with van der Waals surface area (Å²) in [6.07, 6.45) is 0.933. The van der Waals surface area contributed by atoms with Gasteiger partial charge in [0.2, 0.25) is 0 Å². The van der Waals surface area contributed by atoms with E-state index in [1.54, 1.807) is 12.1 Å². The second-order valence-electron chi connectivity index (χ2n) is 5.08. The number of nitrogens with two attached hydrogens (primary N) is 1. The fourth-order valence-corrected chi connectivity index (χ4v) is 2.67. The second-order valence-corrected chi connectivity index (χ2v) is 5.08. The van der Waals surface area contributed by atoms with Crippen LogP contribution in [0.25, 0.3) is 0 Å². The van der Waals surface area contributed by atoms with Crippen LogP contribution in [0, 0.1) is 17.1 Å². The molecule has 2 rings (SSSR count). The summed E-state index contributed by atoms with van der Waals surface area (Å²) in [5.74, 6) is -0.469. The van der Waals surface area contributed by atoms with Gasteiger partial charge in [0.25, 0.3) is 0 Å². The average Bonchev–Trinajstić information content (AvgIpc) is 2.72. The lowest BCUT2D eigenvalue weighted by molar-refractivity contribution is 0.198. The molecule has 2 atom stereocenters. The minimum atomic E-state index is -0.469. The van der Waals surface area contributed by atoms with Crippen molar-refractivity contribution in [2.24, 2.45) is 5.73 Å². The van der Waals surface area contributed by atoms with Gasteiger partial charge in [0.05, 0.1) is 11.6 Å². The maximum Gasteiger partial charge on any atom is 0.140 e. The smallest absolute Gasteiger partial charge is 0.140 e. The van der Waals surface area contributed by atoms with E-state index < -0.39 is 5.82 Å². The molecule has 18 heavy (non-hydrogen) atoms. The van der Waals surface area contributed by atoms with Gasteiger partial charge in [-0.25, -0.2) is 4.39 Å². The average molecular weight is 247 g/mol. The van der Waals surface area contributed by atoms with Crippen LogP contribution in [-0.2, 0) is 0 Å². The fourth-order valence-electron chi connectivity index (χ4n) is 2.67. The Kier molecular flexibility index (Phi) is 3.65. The zero-order chi connectivity index (χ0) is 13.3. The molecule has 0 radical (unpaired) electrons. The van der Waals surface area contributed by atoms with Crippen molar-refractivity contribution in [3.05, 3.63) is 35.1 Å². The van der Waals surface area contributed by atoms with Crippen LogP contribution in [0.4, 0.5) is 4.39 Å². The van der Waals surface area contributed by atoms with Gasteiger partial charge in [-0.1, -0.05) is 6.07 Å². The zero-order valence-corrected chi connectivity index (χ0v) is 10.7. The van der Waals surface area contributed by atoms with Gasteiger partial charge >= 0.3 is 0 Å². The van der Waals surface area contributed by atoms with E-state index in [9.17, 15) is 4.39 Å². The van der Waals surface area contributed by atoms with Crippen molar-refractivity contribution in [1.82, 2.24) is 4.90 Å². The van der Waals surface area contributed by atoms with E-state index in [-0.39, 0.29) is 17.6 Å². The normalized spacial score (nSPS) is 24.4. The SMILES string of the molecule is CC(C)N1CCC(N)C1c1ccc(F)c(C#N)c1. The molecule has 0 amide bonds. The molecule has 1 saturated heterocycles. The Balaban J connectivity index is 2.38. The number of hydrogen-bond donors (Lipinski definition) is 1. The van der Waals surface area contributed by atoms with Crippen molar-refractivity contribution in [3.63, 3.8) is 0 Å². The third kappa shape index (κ3) is 2.24. The maximum absolute atomic E-state index is 13.3. The lowest BCUT2D eigenvalue weighted by Crippen LogP contribution is -2.35. The predicted molar refractivity (Wildman–Crippen MR) is 68.3 cm³/mol. The van der Waals surface area contributed by atoms with Crippen LogP contribution >= 0.6 is 0 Å². The summed E-state index contributed by atoms with van der Waals surface area (Å²) in [6, 6.07) is 7.12. The van der Waals surface area contributed by atoms with E-state index in [4.69, 9.17) is 11.0 Å². The van der Waals surface area contributed by atoms with Gasteiger partial charge in [-0.2, -0.15) is 5.26 Å². The highest BCUT2D eigenvalue weighted by molar-refractivity contribution is 5.36. The van der Waals surface area contributed by atoms with Gasteiger partial charge in [0, 0.05) is 18.6 Å². The first-order valence-corrected chi connectivity index (χ1v) is 6.25. The van der Waals surface area contributed by atoms with Crippen LogP contribution in [-0.4, -0.2) is 23.5 Å². The summed E-state index contributed by atoms with van der Waals surface area (Å²) in [7, 11) is 0. The molecule has 1 fully saturated rings. The van der Waals surface area contributed by atoms with Gasteiger partial charge in [-0.3, -0.25) is 4.90 Å². The quantitative estimate of drug-likeness (QED) is 0.871. The molecule has 2 N–H and O–H groups in total. The molecule has 1 aliphatic rings. The third-order valence-electron chi connectivity index (χ3n) is 3.60. The standard InChI is InChI=1S/C14H18FN3/c1-9(2)18-6-5-13(17)14(18)10-3-4-12(15)11(7-10)8-16/h3-4,7,9,13-14H,5-6,17H2,1-2H3. The summed E-state index contributed by atoms with van der Waals surface area (Å²) in [4.78, 5) is 2.30. The third-order valence-corrected chi connectivity index (χ3v) is 3.60. The molecule has 0 aromatic heterocycles. The maximum atomic E-state index is 13.3. The molecule has 1 aromatic rings. The largest absolute Gasteiger partial charge is 0.326 e. The Morgan fingerprint density at radius 2 is 2.22 bits per heavy atom. The highest BCUT2D eigenvalue weighted by atomic mass is 19.1. The molecule has 2 unspecified atom stereocenters. The molecule has 0 saturated carbocycles. The monoisotopic (exact) mass is 247 g/mol. The van der Waals surface area contributed by atoms with Crippen LogP contribution in [0.15, 0.2) is 18.2 Å². The molecule has 0 spiro atoms. The number of rotatable bonds is 2. The van der Waals surface area contributed by atoms with Crippen molar-refractivity contribution in [2.75, 3.05) is 6.54 Å². The summed E-state index contributed by atoms with van der Waals surface area (Å²) >= 11 is 0. The van der Waals surface area contributed by atoms with Crippen LogP contribution < -0.4 is 5.73 Å². The Morgan fingerprint density at radius 1 is 1.50 bits per heavy atom. The van der Waals surface area contributed by atoms with E-state index in [1.165, 1.54) is 6.07 Å². The summed E-state index contributed by atoms with van der Waals surface area (Å²) < 4.78 is 13.3. The minimum absolute atomic E-state index is 0.0457. The van der Waals surface area contributed by atoms with Crippen LogP contribution in [0.2, 0.25) is 0 Å². The first kappa shape index (κ1) is 13.0. The molecule has 4 heteroatoms. The van der Waals surface area contributed by atoms with Gasteiger partial charge in [-0.05, 0) is 38.0 Å². The second kappa shape index (κ2) is 5.05. The molecule has 1 aliphatic heterocycles. The molecule has 0 bridgehead atoms. The zero-order valence-electron chi connectivity index (χ0n) is 10.7. The molecule has 96 valence electrons. The molecule has 0 aliphatic carbocycles. The number of hydrogen-bond acceptors (Lipinski definition) is 3. The van der Waals surface area contributed by atoms with Gasteiger partial charge < -0.3 is 5.73 Å². The van der Waals surface area contributed by atoms with Crippen molar-refractivity contribution >= 4 is 0 Å². The molecular formula is C14H18FN3. The van der Waals surface area contributed by atoms with E-state index in [0.717, 1.165) is 18.5 Å². The van der Waals surface area contributed by atoms with E-state index in [1.807, 2.05) is 6.07 Å². The van der Waals surface area contributed by atoms with Crippen molar-refractivity contribution in [1.29, 1.82) is 5.26 Å². The predicted octanol–water partition coefficient (Wildman–Crippen LogP) is 2.18. The highest BCUT2D eigenvalue weighted by Crippen LogP contribution is 2.33. The molecule has 3 nitrogen and oxygen atoms in total. The lowest BCUT2D eigenvalue weighted by atomic mass is 9.98. The molecule has 1 heterocycles.